The summed E-state index contributed by atoms with van der Waals surface area (Å²) in [6.45, 7) is 0.179. The van der Waals surface area contributed by atoms with Crippen LogP contribution in [0.15, 0.2) is 54.6 Å². The molecule has 138 valence electrons. The summed E-state index contributed by atoms with van der Waals surface area (Å²) in [6, 6.07) is 12.2. The zero-order valence-electron chi connectivity index (χ0n) is 14.7. The fourth-order valence-corrected chi connectivity index (χ4v) is 3.23. The average molecular weight is 364 g/mol. The molecule has 0 saturated carbocycles. The summed E-state index contributed by atoms with van der Waals surface area (Å²) >= 11 is 0. The van der Waals surface area contributed by atoms with Crippen LogP contribution >= 0.6 is 0 Å². The van der Waals surface area contributed by atoms with Crippen molar-refractivity contribution in [2.24, 2.45) is 5.92 Å². The molecule has 0 fully saturated rings. The van der Waals surface area contributed by atoms with Crippen LogP contribution in [0.25, 0.3) is 0 Å². The Morgan fingerprint density at radius 1 is 0.963 bits per heavy atom. The topological polar surface area (TPSA) is 76.7 Å². The molecule has 2 amide bonds. The molecule has 0 spiro atoms. The second-order valence-electron chi connectivity index (χ2n) is 6.54. The minimum absolute atomic E-state index is 0.0531. The maximum atomic E-state index is 12.7. The summed E-state index contributed by atoms with van der Waals surface area (Å²) in [5, 5.41) is 5.75. The molecule has 0 unspecified atom stereocenters. The number of anilines is 2. The molecule has 6 nitrogen and oxygen atoms in total. The maximum Gasteiger partial charge on any atom is 0.257 e. The molecule has 27 heavy (non-hydrogen) atoms. The van der Waals surface area contributed by atoms with Crippen LogP contribution in [0.5, 0.6) is 11.5 Å². The van der Waals surface area contributed by atoms with E-state index in [0.717, 1.165) is 19.3 Å². The van der Waals surface area contributed by atoms with Crippen LogP contribution in [0.3, 0.4) is 0 Å². The quantitative estimate of drug-likeness (QED) is 0.805. The van der Waals surface area contributed by atoms with Crippen molar-refractivity contribution >= 4 is 23.2 Å². The Kier molecular flexibility index (Phi) is 4.78. The van der Waals surface area contributed by atoms with Gasteiger partial charge in [0.25, 0.3) is 5.91 Å². The predicted octanol–water partition coefficient (Wildman–Crippen LogP) is 3.96. The fourth-order valence-electron chi connectivity index (χ4n) is 3.23. The van der Waals surface area contributed by atoms with Gasteiger partial charge in [0, 0.05) is 17.7 Å². The van der Waals surface area contributed by atoms with Crippen molar-refractivity contribution in [3.05, 3.63) is 60.2 Å². The van der Waals surface area contributed by atoms with Crippen LogP contribution in [-0.4, -0.2) is 18.6 Å². The number of amides is 2. The Bertz CT molecular complexity index is 907. The highest BCUT2D eigenvalue weighted by Gasteiger charge is 2.21. The lowest BCUT2D eigenvalue weighted by Crippen LogP contribution is -2.25. The van der Waals surface area contributed by atoms with E-state index in [1.54, 1.807) is 42.5 Å². The van der Waals surface area contributed by atoms with Gasteiger partial charge in [-0.2, -0.15) is 0 Å². The molecule has 2 N–H and O–H groups in total. The number of fused-ring (bicyclic) bond motifs is 1. The van der Waals surface area contributed by atoms with E-state index in [2.05, 4.69) is 16.7 Å². The SMILES string of the molecule is O=C(Nc1ccc2c(c1)OCO2)c1ccccc1NC(=O)[C@H]1CC=CCC1. The van der Waals surface area contributed by atoms with Crippen molar-refractivity contribution in [1.82, 2.24) is 0 Å². The van der Waals surface area contributed by atoms with Gasteiger partial charge >= 0.3 is 0 Å². The van der Waals surface area contributed by atoms with Gasteiger partial charge < -0.3 is 20.1 Å². The summed E-state index contributed by atoms with van der Waals surface area (Å²) < 4.78 is 10.6. The van der Waals surface area contributed by atoms with Crippen molar-refractivity contribution in [1.29, 1.82) is 0 Å². The Morgan fingerprint density at radius 2 is 1.81 bits per heavy atom. The van der Waals surface area contributed by atoms with Crippen LogP contribution in [0.2, 0.25) is 0 Å². The summed E-state index contributed by atoms with van der Waals surface area (Å²) in [5.74, 6) is 0.845. The Balaban J connectivity index is 1.49. The third-order valence-electron chi connectivity index (χ3n) is 4.70. The number of hydrogen-bond acceptors (Lipinski definition) is 4. The van der Waals surface area contributed by atoms with E-state index < -0.39 is 0 Å². The summed E-state index contributed by atoms with van der Waals surface area (Å²) in [6.07, 6.45) is 6.60. The van der Waals surface area contributed by atoms with Crippen LogP contribution in [-0.2, 0) is 4.79 Å². The van der Waals surface area contributed by atoms with E-state index in [9.17, 15) is 9.59 Å². The largest absolute Gasteiger partial charge is 0.454 e. The van der Waals surface area contributed by atoms with Gasteiger partial charge in [-0.1, -0.05) is 24.3 Å². The van der Waals surface area contributed by atoms with E-state index in [4.69, 9.17) is 9.47 Å². The average Bonchev–Trinajstić information content (AvgIpc) is 3.17. The number of para-hydroxylation sites is 1. The number of rotatable bonds is 4. The Hall–Kier alpha value is -3.28. The molecule has 0 bridgehead atoms. The molecular weight excluding hydrogens is 344 g/mol. The monoisotopic (exact) mass is 364 g/mol. The molecule has 6 heteroatoms. The maximum absolute atomic E-state index is 12.7. The number of carbonyl (C=O) groups is 2. The lowest BCUT2D eigenvalue weighted by molar-refractivity contribution is -0.120. The summed E-state index contributed by atoms with van der Waals surface area (Å²) in [7, 11) is 0. The van der Waals surface area contributed by atoms with E-state index >= 15 is 0 Å². The van der Waals surface area contributed by atoms with Gasteiger partial charge in [-0.05, 0) is 43.5 Å². The predicted molar refractivity (Wildman–Crippen MR) is 102 cm³/mol. The third kappa shape index (κ3) is 3.79. The second kappa shape index (κ2) is 7.53. The summed E-state index contributed by atoms with van der Waals surface area (Å²) in [5.41, 5.74) is 1.52. The van der Waals surface area contributed by atoms with E-state index in [1.807, 2.05) is 6.08 Å². The van der Waals surface area contributed by atoms with Gasteiger partial charge in [0.1, 0.15) is 0 Å². The van der Waals surface area contributed by atoms with Gasteiger partial charge in [-0.25, -0.2) is 0 Å². The molecule has 1 heterocycles. The van der Waals surface area contributed by atoms with Crippen molar-refractivity contribution < 1.29 is 19.1 Å². The molecule has 0 saturated heterocycles. The van der Waals surface area contributed by atoms with E-state index in [1.165, 1.54) is 0 Å². The highest BCUT2D eigenvalue weighted by molar-refractivity contribution is 6.10. The first-order valence-corrected chi connectivity index (χ1v) is 8.96. The minimum atomic E-state index is -0.298. The van der Waals surface area contributed by atoms with Crippen molar-refractivity contribution in [3.8, 4) is 11.5 Å². The second-order valence-corrected chi connectivity index (χ2v) is 6.54. The first kappa shape index (κ1) is 17.1. The first-order chi connectivity index (χ1) is 13.2. The van der Waals surface area contributed by atoms with Crippen LogP contribution in [0.4, 0.5) is 11.4 Å². The van der Waals surface area contributed by atoms with E-state index in [0.29, 0.717) is 28.4 Å². The lowest BCUT2D eigenvalue weighted by Gasteiger charge is -2.18. The lowest BCUT2D eigenvalue weighted by atomic mass is 9.93. The first-order valence-electron chi connectivity index (χ1n) is 8.96. The molecule has 1 atom stereocenters. The van der Waals surface area contributed by atoms with Crippen LogP contribution < -0.4 is 20.1 Å². The zero-order chi connectivity index (χ0) is 18.6. The van der Waals surface area contributed by atoms with Crippen molar-refractivity contribution in [2.45, 2.75) is 19.3 Å². The minimum Gasteiger partial charge on any atom is -0.454 e. The normalized spacial score (nSPS) is 17.4. The fraction of sp³-hybridized carbons (Fsp3) is 0.238. The van der Waals surface area contributed by atoms with Gasteiger partial charge in [-0.3, -0.25) is 9.59 Å². The highest BCUT2D eigenvalue weighted by atomic mass is 16.7. The molecule has 0 aromatic heterocycles. The van der Waals surface area contributed by atoms with Crippen LogP contribution in [0.1, 0.15) is 29.6 Å². The number of carbonyl (C=O) groups excluding carboxylic acids is 2. The van der Waals surface area contributed by atoms with Crippen LogP contribution in [0, 0.1) is 5.92 Å². The molecule has 1 aliphatic carbocycles. The smallest absolute Gasteiger partial charge is 0.257 e. The zero-order valence-corrected chi connectivity index (χ0v) is 14.7. The standard InChI is InChI=1S/C21H20N2O4/c24-20(14-6-2-1-3-7-14)23-17-9-5-4-8-16(17)21(25)22-15-10-11-18-19(12-15)27-13-26-18/h1-2,4-5,8-12,14H,3,6-7,13H2,(H,22,25)(H,23,24)/t14-/m0/s1. The summed E-state index contributed by atoms with van der Waals surface area (Å²) in [4.78, 5) is 25.3. The number of hydrogen-bond donors (Lipinski definition) is 2. The Labute approximate surface area is 157 Å². The molecule has 4 rings (SSSR count). The molecule has 1 aliphatic heterocycles. The molecule has 2 aliphatic rings. The van der Waals surface area contributed by atoms with E-state index in [-0.39, 0.29) is 24.5 Å². The number of ether oxygens (including phenoxy) is 2. The number of benzene rings is 2. The van der Waals surface area contributed by atoms with Gasteiger partial charge in [-0.15, -0.1) is 0 Å². The van der Waals surface area contributed by atoms with Crippen molar-refractivity contribution in [3.63, 3.8) is 0 Å². The molecule has 0 radical (unpaired) electrons. The molecule has 2 aromatic rings. The van der Waals surface area contributed by atoms with Gasteiger partial charge in [0.05, 0.1) is 11.3 Å². The van der Waals surface area contributed by atoms with Crippen molar-refractivity contribution in [2.75, 3.05) is 17.4 Å². The Morgan fingerprint density at radius 3 is 2.67 bits per heavy atom. The number of nitrogens with one attached hydrogen (secondary N) is 2. The number of allylic oxidation sites excluding steroid dienone is 2. The van der Waals surface area contributed by atoms with Gasteiger partial charge in [0.15, 0.2) is 11.5 Å². The van der Waals surface area contributed by atoms with Gasteiger partial charge in [0.2, 0.25) is 12.7 Å². The molecule has 2 aromatic carbocycles. The highest BCUT2D eigenvalue weighted by Crippen LogP contribution is 2.34. The third-order valence-corrected chi connectivity index (χ3v) is 4.70. The molecular formula is C21H20N2O4.